The number of benzene rings is 1. The summed E-state index contributed by atoms with van der Waals surface area (Å²) in [5, 5.41) is 2.71. The molecule has 0 spiro atoms. The third-order valence-electron chi connectivity index (χ3n) is 7.56. The summed E-state index contributed by atoms with van der Waals surface area (Å²) in [5.41, 5.74) is 12.5. The van der Waals surface area contributed by atoms with Crippen LogP contribution in [-0.2, 0) is 11.2 Å². The number of nitrogens with zero attached hydrogens (tertiary/aromatic N) is 5. The summed E-state index contributed by atoms with van der Waals surface area (Å²) < 4.78 is 1.46. The van der Waals surface area contributed by atoms with E-state index >= 15 is 0 Å². The number of carbonyl (C=O) groups excluding carboxylic acids is 2. The molecule has 1 unspecified atom stereocenters. The molecule has 11 nitrogen and oxygen atoms in total. The molecule has 3 heterocycles. The molecule has 3 amide bonds. The van der Waals surface area contributed by atoms with Gasteiger partial charge in [0.25, 0.3) is 0 Å². The normalized spacial score (nSPS) is 20.4. The first-order chi connectivity index (χ1) is 18.5. The van der Waals surface area contributed by atoms with Crippen LogP contribution in [0.2, 0.25) is 0 Å². The Kier molecular flexibility index (Phi) is 10.7. The number of halogens is 1. The summed E-state index contributed by atoms with van der Waals surface area (Å²) in [7, 11) is 0. The summed E-state index contributed by atoms with van der Waals surface area (Å²) in [5.74, 6) is 0.0419. The fourth-order valence-corrected chi connectivity index (χ4v) is 5.19. The number of nitrogens with one attached hydrogen (secondary N) is 1. The third kappa shape index (κ3) is 8.03. The van der Waals surface area contributed by atoms with Crippen LogP contribution >= 0.6 is 12.4 Å². The van der Waals surface area contributed by atoms with Gasteiger partial charge in [0.1, 0.15) is 5.82 Å². The van der Waals surface area contributed by atoms with E-state index in [4.69, 9.17) is 11.5 Å². The van der Waals surface area contributed by atoms with E-state index in [1.807, 2.05) is 31.2 Å². The van der Waals surface area contributed by atoms with Crippen molar-refractivity contribution < 1.29 is 9.59 Å². The summed E-state index contributed by atoms with van der Waals surface area (Å²) in [6.45, 7) is 9.51. The third-order valence-corrected chi connectivity index (χ3v) is 7.56. The second kappa shape index (κ2) is 13.6. The summed E-state index contributed by atoms with van der Waals surface area (Å²) in [4.78, 5) is 48.0. The highest BCUT2D eigenvalue weighted by atomic mass is 35.5. The van der Waals surface area contributed by atoms with Crippen molar-refractivity contribution in [2.24, 2.45) is 11.5 Å². The van der Waals surface area contributed by atoms with Crippen LogP contribution in [-0.4, -0.2) is 93.1 Å². The maximum absolute atomic E-state index is 12.8. The lowest BCUT2D eigenvalue weighted by Crippen LogP contribution is -2.61. The maximum atomic E-state index is 12.8. The zero-order valence-electron chi connectivity index (χ0n) is 23.7. The molecule has 220 valence electrons. The molecule has 0 bridgehead atoms. The maximum Gasteiger partial charge on any atom is 0.354 e. The Bertz CT molecular complexity index is 1210. The van der Waals surface area contributed by atoms with Crippen LogP contribution in [0.5, 0.6) is 0 Å². The van der Waals surface area contributed by atoms with Crippen molar-refractivity contribution >= 4 is 30.2 Å². The van der Waals surface area contributed by atoms with Crippen molar-refractivity contribution in [3.8, 4) is 5.69 Å². The monoisotopic (exact) mass is 574 g/mol. The lowest BCUT2D eigenvalue weighted by atomic mass is 10.0. The number of rotatable bonds is 6. The molecule has 12 heteroatoms. The lowest BCUT2D eigenvalue weighted by Gasteiger charge is -2.42. The number of likely N-dealkylation sites (tertiary alicyclic amines) is 1. The minimum absolute atomic E-state index is 0. The molecule has 0 saturated carbocycles. The topological polar surface area (TPSA) is 143 Å². The second-order valence-electron chi connectivity index (χ2n) is 11.4. The standard InChI is InChI=1S/C28H42N8O3.ClH/c1-20-19-34(17-18-35(20)25(37)28(2,3)30)26(38)31-24-12-16-36(27(39)32-24)23-8-6-21(7-9-23)10-14-33-13-4-5-22(29)11-15-33;/h6-9,12,16,20,22H,4-5,10-11,13-15,17-19,29-30H2,1-3H3,(H,31,32,38,39);1H/t20-,22?;/m1./s1. The molecule has 4 rings (SSSR count). The number of anilines is 1. The van der Waals surface area contributed by atoms with Crippen molar-refractivity contribution in [3.63, 3.8) is 0 Å². The van der Waals surface area contributed by atoms with Crippen LogP contribution in [0.4, 0.5) is 10.6 Å². The molecule has 1 aromatic carbocycles. The van der Waals surface area contributed by atoms with Gasteiger partial charge in [0.15, 0.2) is 0 Å². The number of hydrogen-bond donors (Lipinski definition) is 3. The fourth-order valence-electron chi connectivity index (χ4n) is 5.19. The highest BCUT2D eigenvalue weighted by Crippen LogP contribution is 2.16. The Morgan fingerprint density at radius 3 is 2.45 bits per heavy atom. The van der Waals surface area contributed by atoms with E-state index in [1.165, 1.54) is 10.1 Å². The lowest BCUT2D eigenvalue weighted by molar-refractivity contribution is -0.139. The van der Waals surface area contributed by atoms with Crippen molar-refractivity contribution in [3.05, 3.63) is 52.6 Å². The quantitative estimate of drug-likeness (QED) is 0.477. The highest BCUT2D eigenvalue weighted by molar-refractivity contribution is 5.89. The zero-order chi connectivity index (χ0) is 28.2. The molecule has 2 fully saturated rings. The average molecular weight is 575 g/mol. The Balaban J connectivity index is 0.00000441. The highest BCUT2D eigenvalue weighted by Gasteiger charge is 2.35. The molecule has 2 saturated heterocycles. The first-order valence-electron chi connectivity index (χ1n) is 13.8. The first kappa shape index (κ1) is 31.5. The summed E-state index contributed by atoms with van der Waals surface area (Å²) >= 11 is 0. The van der Waals surface area contributed by atoms with Crippen molar-refractivity contribution in [1.82, 2.24) is 24.3 Å². The van der Waals surface area contributed by atoms with Crippen LogP contribution in [0, 0.1) is 0 Å². The molecule has 0 aliphatic carbocycles. The van der Waals surface area contributed by atoms with Crippen LogP contribution in [0.15, 0.2) is 41.3 Å². The van der Waals surface area contributed by atoms with Gasteiger partial charge in [-0.25, -0.2) is 9.59 Å². The van der Waals surface area contributed by atoms with Gasteiger partial charge in [0.05, 0.1) is 11.2 Å². The van der Waals surface area contributed by atoms with Gasteiger partial charge in [0.2, 0.25) is 5.91 Å². The largest absolute Gasteiger partial charge is 0.354 e. The first-order valence-corrected chi connectivity index (χ1v) is 13.8. The van der Waals surface area contributed by atoms with Crippen molar-refractivity contribution in [1.29, 1.82) is 0 Å². The molecule has 1 aromatic heterocycles. The van der Waals surface area contributed by atoms with Crippen LogP contribution in [0.1, 0.15) is 45.6 Å². The van der Waals surface area contributed by atoms with E-state index in [2.05, 4.69) is 15.2 Å². The number of nitrogens with two attached hydrogens (primary N) is 2. The van der Waals surface area contributed by atoms with Gasteiger partial charge in [-0.2, -0.15) is 4.98 Å². The Morgan fingerprint density at radius 2 is 1.80 bits per heavy atom. The molecule has 2 atom stereocenters. The van der Waals surface area contributed by atoms with Gasteiger partial charge in [0, 0.05) is 44.5 Å². The molecular formula is C28H43ClN8O3. The summed E-state index contributed by atoms with van der Waals surface area (Å²) in [6.07, 6.45) is 5.86. The SMILES string of the molecule is C[C@@H]1CN(C(=O)Nc2ccn(-c3ccc(CCN4CCCC(N)CC4)cc3)c(=O)n2)CCN1C(=O)C(C)(C)N.Cl. The van der Waals surface area contributed by atoms with Crippen LogP contribution < -0.4 is 22.5 Å². The smallest absolute Gasteiger partial charge is 0.335 e. The Morgan fingerprint density at radius 1 is 1.07 bits per heavy atom. The van der Waals surface area contributed by atoms with E-state index in [-0.39, 0.29) is 36.2 Å². The van der Waals surface area contributed by atoms with Crippen molar-refractivity contribution in [2.45, 2.75) is 64.1 Å². The molecule has 5 N–H and O–H groups in total. The molecule has 0 radical (unpaired) electrons. The van der Waals surface area contributed by atoms with Crippen molar-refractivity contribution in [2.75, 3.05) is 44.6 Å². The number of aromatic nitrogens is 2. The van der Waals surface area contributed by atoms with Gasteiger partial charge in [-0.15, -0.1) is 12.4 Å². The number of hydrogen-bond acceptors (Lipinski definition) is 7. The van der Waals surface area contributed by atoms with E-state index < -0.39 is 11.2 Å². The van der Waals surface area contributed by atoms with E-state index in [0.717, 1.165) is 45.3 Å². The molecular weight excluding hydrogens is 532 g/mol. The van der Waals surface area contributed by atoms with Crippen LogP contribution in [0.25, 0.3) is 5.69 Å². The molecule has 2 aliphatic heterocycles. The minimum Gasteiger partial charge on any atom is -0.335 e. The van der Waals surface area contributed by atoms with Gasteiger partial charge < -0.3 is 26.2 Å². The molecule has 2 aromatic rings. The summed E-state index contributed by atoms with van der Waals surface area (Å²) in [6, 6.07) is 9.31. The molecule has 2 aliphatic rings. The Hall–Kier alpha value is -2.99. The average Bonchev–Trinajstić information content (AvgIpc) is 3.11. The van der Waals surface area contributed by atoms with Crippen LogP contribution in [0.3, 0.4) is 0 Å². The number of carbonyl (C=O) groups is 2. The van der Waals surface area contributed by atoms with E-state index in [0.29, 0.717) is 31.4 Å². The predicted molar refractivity (Wildman–Crippen MR) is 159 cm³/mol. The van der Waals surface area contributed by atoms with Gasteiger partial charge in [-0.05, 0) is 83.3 Å². The number of urea groups is 1. The second-order valence-corrected chi connectivity index (χ2v) is 11.4. The number of piperazine rings is 1. The van der Waals surface area contributed by atoms with Gasteiger partial charge in [-0.1, -0.05) is 12.1 Å². The number of amides is 3. The van der Waals surface area contributed by atoms with E-state index in [1.54, 1.807) is 35.9 Å². The van der Waals surface area contributed by atoms with Gasteiger partial charge >= 0.3 is 11.7 Å². The zero-order valence-corrected chi connectivity index (χ0v) is 24.5. The van der Waals surface area contributed by atoms with E-state index in [9.17, 15) is 14.4 Å². The minimum atomic E-state index is -0.964. The molecule has 40 heavy (non-hydrogen) atoms. The van der Waals surface area contributed by atoms with Gasteiger partial charge in [-0.3, -0.25) is 14.7 Å². The predicted octanol–water partition coefficient (Wildman–Crippen LogP) is 1.81. The fraction of sp³-hybridized carbons (Fsp3) is 0.571. The Labute approximate surface area is 242 Å².